The minimum Gasteiger partial charge on any atom is -0.485 e. The molecule has 3 aromatic rings. The maximum atomic E-state index is 12.5. The number of ether oxygens (including phenoxy) is 1. The Morgan fingerprint density at radius 1 is 1.21 bits per heavy atom. The Balaban J connectivity index is 0.00000385. The first-order valence-electron chi connectivity index (χ1n) is 10.0. The second-order valence-electron chi connectivity index (χ2n) is 7.18. The number of carbonyl (C=O) groups excluding carboxylic acids is 2. The lowest BCUT2D eigenvalue weighted by Crippen LogP contribution is -2.38. The number of halogens is 4. The maximum Gasteiger partial charge on any atom is 0.246 e. The average Bonchev–Trinajstić information content (AvgIpc) is 3.06. The lowest BCUT2D eigenvalue weighted by atomic mass is 10.2. The van der Waals surface area contributed by atoms with Crippen molar-refractivity contribution < 1.29 is 14.3 Å². The number of anilines is 1. The van der Waals surface area contributed by atoms with E-state index in [2.05, 4.69) is 10.3 Å². The third-order valence-corrected chi connectivity index (χ3v) is 6.13. The van der Waals surface area contributed by atoms with Crippen LogP contribution in [0.15, 0.2) is 30.5 Å². The SMILES string of the molecule is CCCC(=O)NCC(=O)N(C)c1ccc(Cl)c(COc2cccn3c(Cl)c(C)nc23)c1Cl.Cl. The zero-order valence-electron chi connectivity index (χ0n) is 18.3. The molecular formula is C22H24Cl4N4O3. The lowest BCUT2D eigenvalue weighted by Gasteiger charge is -2.21. The van der Waals surface area contributed by atoms with Gasteiger partial charge >= 0.3 is 0 Å². The number of nitrogens with zero attached hydrogens (tertiary/aromatic N) is 3. The molecule has 11 heteroatoms. The van der Waals surface area contributed by atoms with Gasteiger partial charge in [-0.1, -0.05) is 41.7 Å². The highest BCUT2D eigenvalue weighted by Crippen LogP contribution is 2.35. The fourth-order valence-corrected chi connectivity index (χ4v) is 3.89. The monoisotopic (exact) mass is 532 g/mol. The van der Waals surface area contributed by atoms with E-state index in [1.165, 1.54) is 4.90 Å². The molecule has 0 saturated carbocycles. The highest BCUT2D eigenvalue weighted by Gasteiger charge is 2.20. The largest absolute Gasteiger partial charge is 0.485 e. The average molecular weight is 534 g/mol. The highest BCUT2D eigenvalue weighted by molar-refractivity contribution is 6.38. The summed E-state index contributed by atoms with van der Waals surface area (Å²) in [5.74, 6) is 0.0370. The topological polar surface area (TPSA) is 75.9 Å². The van der Waals surface area contributed by atoms with Gasteiger partial charge in [0.2, 0.25) is 11.8 Å². The number of aryl methyl sites for hydroxylation is 1. The summed E-state index contributed by atoms with van der Waals surface area (Å²) >= 11 is 19.2. The molecule has 0 unspecified atom stereocenters. The van der Waals surface area contributed by atoms with Crippen LogP contribution in [0.25, 0.3) is 5.65 Å². The second kappa shape index (κ2) is 11.8. The molecule has 2 amide bonds. The summed E-state index contributed by atoms with van der Waals surface area (Å²) in [7, 11) is 1.59. The molecule has 0 radical (unpaired) electrons. The zero-order valence-corrected chi connectivity index (χ0v) is 21.4. The highest BCUT2D eigenvalue weighted by atomic mass is 35.5. The van der Waals surface area contributed by atoms with E-state index in [-0.39, 0.29) is 42.4 Å². The standard InChI is InChI=1S/C22H23Cl3N4O3.ClH/c1-4-6-18(30)26-11-19(31)28(3)16-9-8-15(23)14(20(16)24)12-32-17-7-5-10-29-21(25)13(2)27-22(17)29;/h5,7-10H,4,6,11-12H2,1-3H3,(H,26,30);1H. The summed E-state index contributed by atoms with van der Waals surface area (Å²) in [6.07, 6.45) is 2.87. The molecule has 0 fully saturated rings. The first kappa shape index (κ1) is 27.1. The molecule has 2 aromatic heterocycles. The van der Waals surface area contributed by atoms with Crippen molar-refractivity contribution in [2.24, 2.45) is 0 Å². The smallest absolute Gasteiger partial charge is 0.246 e. The van der Waals surface area contributed by atoms with Crippen molar-refractivity contribution in [1.82, 2.24) is 14.7 Å². The fourth-order valence-electron chi connectivity index (χ4n) is 3.11. The van der Waals surface area contributed by atoms with E-state index >= 15 is 0 Å². The van der Waals surface area contributed by atoms with Gasteiger partial charge in [0, 0.05) is 30.3 Å². The van der Waals surface area contributed by atoms with Gasteiger partial charge in [-0.05, 0) is 37.6 Å². The number of carbonyl (C=O) groups is 2. The third kappa shape index (κ3) is 6.03. The molecule has 0 spiro atoms. The van der Waals surface area contributed by atoms with Crippen molar-refractivity contribution in [3.8, 4) is 5.75 Å². The molecule has 2 heterocycles. The number of hydrogen-bond donors (Lipinski definition) is 1. The number of rotatable bonds is 8. The number of benzene rings is 1. The number of likely N-dealkylation sites (N-methyl/N-ethyl adjacent to an activating group) is 1. The van der Waals surface area contributed by atoms with Crippen molar-refractivity contribution in [2.75, 3.05) is 18.5 Å². The van der Waals surface area contributed by atoms with Gasteiger partial charge in [-0.3, -0.25) is 14.0 Å². The van der Waals surface area contributed by atoms with Crippen LogP contribution >= 0.6 is 47.2 Å². The van der Waals surface area contributed by atoms with Gasteiger partial charge in [-0.25, -0.2) is 4.98 Å². The molecule has 178 valence electrons. The number of aromatic nitrogens is 2. The van der Waals surface area contributed by atoms with E-state index in [0.717, 1.165) is 0 Å². The fraction of sp³-hybridized carbons (Fsp3) is 0.318. The number of nitrogens with one attached hydrogen (secondary N) is 1. The van der Waals surface area contributed by atoms with Crippen LogP contribution in [0.1, 0.15) is 31.0 Å². The molecule has 0 aliphatic carbocycles. The van der Waals surface area contributed by atoms with Gasteiger partial charge in [0.05, 0.1) is 22.9 Å². The Bertz CT molecular complexity index is 1170. The molecule has 33 heavy (non-hydrogen) atoms. The Hall–Kier alpha value is -2.19. The summed E-state index contributed by atoms with van der Waals surface area (Å²) < 4.78 is 7.69. The molecular weight excluding hydrogens is 510 g/mol. The predicted molar refractivity (Wildman–Crippen MR) is 134 cm³/mol. The quantitative estimate of drug-likeness (QED) is 0.415. The molecule has 7 nitrogen and oxygen atoms in total. The van der Waals surface area contributed by atoms with Crippen LogP contribution in [0, 0.1) is 6.92 Å². The minimum atomic E-state index is -0.308. The third-order valence-electron chi connectivity index (χ3n) is 4.90. The number of pyridine rings is 1. The van der Waals surface area contributed by atoms with E-state index in [9.17, 15) is 9.59 Å². The predicted octanol–water partition coefficient (Wildman–Crippen LogP) is 5.48. The van der Waals surface area contributed by atoms with Gasteiger partial charge in [0.1, 0.15) is 11.8 Å². The van der Waals surface area contributed by atoms with Crippen LogP contribution in [0.5, 0.6) is 5.75 Å². The summed E-state index contributed by atoms with van der Waals surface area (Å²) in [5, 5.41) is 3.81. The van der Waals surface area contributed by atoms with E-state index < -0.39 is 0 Å². The summed E-state index contributed by atoms with van der Waals surface area (Å²) in [6.45, 7) is 3.65. The summed E-state index contributed by atoms with van der Waals surface area (Å²) in [5.41, 5.74) is 2.25. The van der Waals surface area contributed by atoms with Crippen molar-refractivity contribution in [1.29, 1.82) is 0 Å². The van der Waals surface area contributed by atoms with Gasteiger partial charge in [0.15, 0.2) is 11.4 Å². The van der Waals surface area contributed by atoms with Gasteiger partial charge in [-0.15, -0.1) is 12.4 Å². The summed E-state index contributed by atoms with van der Waals surface area (Å²) in [6, 6.07) is 6.88. The molecule has 3 rings (SSSR count). The van der Waals surface area contributed by atoms with E-state index in [4.69, 9.17) is 39.5 Å². The summed E-state index contributed by atoms with van der Waals surface area (Å²) in [4.78, 5) is 30.0. The van der Waals surface area contributed by atoms with Crippen LogP contribution in [0.4, 0.5) is 5.69 Å². The normalized spacial score (nSPS) is 10.6. The Morgan fingerprint density at radius 2 is 1.94 bits per heavy atom. The number of amides is 2. The zero-order chi connectivity index (χ0) is 23.4. The first-order valence-corrected chi connectivity index (χ1v) is 11.1. The van der Waals surface area contributed by atoms with Crippen molar-refractivity contribution in [2.45, 2.75) is 33.3 Å². The molecule has 1 aromatic carbocycles. The Morgan fingerprint density at radius 3 is 2.64 bits per heavy atom. The Kier molecular flexibility index (Phi) is 9.67. The number of hydrogen-bond acceptors (Lipinski definition) is 4. The van der Waals surface area contributed by atoms with Gasteiger partial charge < -0.3 is 15.0 Å². The van der Waals surface area contributed by atoms with Crippen molar-refractivity contribution >= 4 is 70.4 Å². The van der Waals surface area contributed by atoms with Crippen LogP contribution in [0.2, 0.25) is 15.2 Å². The molecule has 0 bridgehead atoms. The lowest BCUT2D eigenvalue weighted by molar-refractivity contribution is -0.124. The molecule has 0 atom stereocenters. The van der Waals surface area contributed by atoms with E-state index in [1.807, 2.05) is 13.8 Å². The minimum absolute atomic E-state index is 0. The maximum absolute atomic E-state index is 12.5. The first-order chi connectivity index (χ1) is 15.2. The van der Waals surface area contributed by atoms with Crippen molar-refractivity contribution in [3.63, 3.8) is 0 Å². The van der Waals surface area contributed by atoms with Crippen LogP contribution in [0.3, 0.4) is 0 Å². The van der Waals surface area contributed by atoms with Crippen LogP contribution < -0.4 is 15.0 Å². The molecule has 0 saturated heterocycles. The van der Waals surface area contributed by atoms with Gasteiger partial charge in [-0.2, -0.15) is 0 Å². The van der Waals surface area contributed by atoms with Crippen molar-refractivity contribution in [3.05, 3.63) is 56.9 Å². The Labute approximate surface area is 213 Å². The van der Waals surface area contributed by atoms with E-state index in [0.29, 0.717) is 51.4 Å². The molecule has 1 N–H and O–H groups in total. The number of imidazole rings is 1. The second-order valence-corrected chi connectivity index (χ2v) is 8.32. The van der Waals surface area contributed by atoms with Crippen LogP contribution in [-0.2, 0) is 16.2 Å². The molecule has 0 aliphatic heterocycles. The van der Waals surface area contributed by atoms with E-state index in [1.54, 1.807) is 41.9 Å². The van der Waals surface area contributed by atoms with Gasteiger partial charge in [0.25, 0.3) is 0 Å². The molecule has 0 aliphatic rings. The number of fused-ring (bicyclic) bond motifs is 1. The van der Waals surface area contributed by atoms with Crippen LogP contribution in [-0.4, -0.2) is 34.8 Å².